The largest absolute Gasteiger partial charge is 0.494 e. The van der Waals surface area contributed by atoms with Crippen molar-refractivity contribution in [3.05, 3.63) is 59.1 Å². The first-order valence-corrected chi connectivity index (χ1v) is 8.73. The van der Waals surface area contributed by atoms with E-state index in [-0.39, 0.29) is 5.91 Å². The molecule has 0 unspecified atom stereocenters. The van der Waals surface area contributed by atoms with Crippen molar-refractivity contribution in [1.82, 2.24) is 15.5 Å². The van der Waals surface area contributed by atoms with Crippen molar-refractivity contribution in [2.75, 3.05) is 6.61 Å². The van der Waals surface area contributed by atoms with Crippen molar-refractivity contribution in [2.45, 2.75) is 19.9 Å². The molecule has 0 aliphatic carbocycles. The second-order valence-corrected chi connectivity index (χ2v) is 6.26. The minimum Gasteiger partial charge on any atom is -0.494 e. The lowest BCUT2D eigenvalue weighted by atomic mass is 10.2. The number of nitrogens with one attached hydrogen (secondary N) is 2. The summed E-state index contributed by atoms with van der Waals surface area (Å²) >= 11 is 1.57. The molecule has 24 heavy (non-hydrogen) atoms. The normalized spacial score (nSPS) is 10.5. The number of carbonyl (C=O) groups is 1. The predicted octanol–water partition coefficient (Wildman–Crippen LogP) is 3.86. The zero-order chi connectivity index (χ0) is 16.8. The fraction of sp³-hybridized carbons (Fsp3) is 0.222. The lowest BCUT2D eigenvalue weighted by molar-refractivity contribution is 0.0951. The molecule has 0 fully saturated rings. The first-order valence-electron chi connectivity index (χ1n) is 7.85. The van der Waals surface area contributed by atoms with E-state index < -0.39 is 0 Å². The van der Waals surface area contributed by atoms with Crippen LogP contribution in [0.3, 0.4) is 0 Å². The molecule has 0 radical (unpaired) electrons. The third kappa shape index (κ3) is 3.83. The highest BCUT2D eigenvalue weighted by Gasteiger charge is 2.15. The summed E-state index contributed by atoms with van der Waals surface area (Å²) < 4.78 is 5.55. The van der Waals surface area contributed by atoms with Crippen molar-refractivity contribution in [3.63, 3.8) is 0 Å². The monoisotopic (exact) mass is 341 g/mol. The smallest absolute Gasteiger partial charge is 0.255 e. The second-order valence-electron chi connectivity index (χ2n) is 5.31. The number of thiophene rings is 1. The van der Waals surface area contributed by atoms with Gasteiger partial charge in [-0.1, -0.05) is 25.1 Å². The van der Waals surface area contributed by atoms with E-state index in [4.69, 9.17) is 4.74 Å². The van der Waals surface area contributed by atoms with E-state index >= 15 is 0 Å². The van der Waals surface area contributed by atoms with E-state index in [0.29, 0.717) is 18.7 Å². The van der Waals surface area contributed by atoms with Crippen LogP contribution in [-0.2, 0) is 6.54 Å². The molecule has 0 saturated carbocycles. The summed E-state index contributed by atoms with van der Waals surface area (Å²) in [6.45, 7) is 3.24. The molecule has 0 aliphatic rings. The number of amides is 1. The van der Waals surface area contributed by atoms with Crippen LogP contribution >= 0.6 is 11.3 Å². The Balaban J connectivity index is 1.61. The van der Waals surface area contributed by atoms with E-state index in [0.717, 1.165) is 28.3 Å². The summed E-state index contributed by atoms with van der Waals surface area (Å²) in [6, 6.07) is 11.7. The van der Waals surface area contributed by atoms with Gasteiger partial charge in [-0.25, -0.2) is 0 Å². The summed E-state index contributed by atoms with van der Waals surface area (Å²) in [7, 11) is 0. The molecule has 5 nitrogen and oxygen atoms in total. The molecular formula is C18H19N3O2S. The lowest BCUT2D eigenvalue weighted by Gasteiger charge is -2.07. The van der Waals surface area contributed by atoms with Crippen LogP contribution in [0, 0.1) is 0 Å². The first-order chi connectivity index (χ1) is 11.8. The summed E-state index contributed by atoms with van der Waals surface area (Å²) in [4.78, 5) is 13.4. The number of carbonyl (C=O) groups excluding carboxylic acids is 1. The van der Waals surface area contributed by atoms with E-state index in [1.54, 1.807) is 17.5 Å². The highest BCUT2D eigenvalue weighted by Crippen LogP contribution is 2.25. The molecule has 3 aromatic rings. The highest BCUT2D eigenvalue weighted by atomic mass is 32.1. The topological polar surface area (TPSA) is 67.0 Å². The molecular weight excluding hydrogens is 322 g/mol. The second kappa shape index (κ2) is 7.79. The third-order valence-corrected chi connectivity index (χ3v) is 4.39. The minimum atomic E-state index is -0.140. The van der Waals surface area contributed by atoms with Crippen molar-refractivity contribution < 1.29 is 9.53 Å². The van der Waals surface area contributed by atoms with Gasteiger partial charge in [0.1, 0.15) is 5.75 Å². The Bertz CT molecular complexity index is 779. The Hall–Kier alpha value is -2.60. The fourth-order valence-electron chi connectivity index (χ4n) is 2.27. The van der Waals surface area contributed by atoms with E-state index in [9.17, 15) is 4.79 Å². The van der Waals surface area contributed by atoms with Crippen LogP contribution in [-0.4, -0.2) is 22.7 Å². The van der Waals surface area contributed by atoms with E-state index in [1.807, 2.05) is 41.8 Å². The van der Waals surface area contributed by atoms with Gasteiger partial charge in [0.05, 0.1) is 28.9 Å². The number of hydrogen-bond acceptors (Lipinski definition) is 4. The lowest BCUT2D eigenvalue weighted by Crippen LogP contribution is -2.22. The van der Waals surface area contributed by atoms with Crippen molar-refractivity contribution in [2.24, 2.45) is 0 Å². The summed E-state index contributed by atoms with van der Waals surface area (Å²) in [6.07, 6.45) is 2.54. The molecule has 1 aromatic carbocycles. The average Bonchev–Trinajstić information content (AvgIpc) is 3.29. The number of H-pyrrole nitrogens is 1. The maximum Gasteiger partial charge on any atom is 0.255 e. The molecule has 124 valence electrons. The summed E-state index contributed by atoms with van der Waals surface area (Å²) in [5.74, 6) is 0.709. The van der Waals surface area contributed by atoms with Gasteiger partial charge < -0.3 is 10.1 Å². The van der Waals surface area contributed by atoms with Gasteiger partial charge in [-0.05, 0) is 35.6 Å². The molecule has 3 rings (SSSR count). The third-order valence-electron chi connectivity index (χ3n) is 3.50. The van der Waals surface area contributed by atoms with E-state index in [1.165, 1.54) is 0 Å². The van der Waals surface area contributed by atoms with Crippen molar-refractivity contribution in [3.8, 4) is 16.3 Å². The first kappa shape index (κ1) is 16.3. The van der Waals surface area contributed by atoms with Gasteiger partial charge in [0, 0.05) is 6.54 Å². The number of aromatic amines is 1. The molecule has 6 heteroatoms. The van der Waals surface area contributed by atoms with E-state index in [2.05, 4.69) is 22.4 Å². The molecule has 0 atom stereocenters. The number of nitrogens with zero attached hydrogens (tertiary/aromatic N) is 1. The van der Waals surface area contributed by atoms with Gasteiger partial charge in [-0.3, -0.25) is 9.89 Å². The molecule has 0 saturated heterocycles. The van der Waals surface area contributed by atoms with Gasteiger partial charge in [-0.15, -0.1) is 11.3 Å². The van der Waals surface area contributed by atoms with Crippen LogP contribution in [0.1, 0.15) is 29.3 Å². The van der Waals surface area contributed by atoms with Gasteiger partial charge in [0.15, 0.2) is 0 Å². The quantitative estimate of drug-likeness (QED) is 0.686. The average molecular weight is 341 g/mol. The predicted molar refractivity (Wildman–Crippen MR) is 95.3 cm³/mol. The van der Waals surface area contributed by atoms with Crippen molar-refractivity contribution in [1.29, 1.82) is 0 Å². The van der Waals surface area contributed by atoms with Crippen LogP contribution in [0.4, 0.5) is 0 Å². The standard InChI is InChI=1S/C18H19N3O2S/c1-2-9-23-14-7-5-13(6-8-14)11-19-18(22)15-12-20-21-17(15)16-4-3-10-24-16/h3-8,10,12H,2,9,11H2,1H3,(H,19,22)(H,20,21). The molecule has 0 aliphatic heterocycles. The number of rotatable bonds is 7. The maximum atomic E-state index is 12.4. The Morgan fingerprint density at radius 3 is 2.83 bits per heavy atom. The Morgan fingerprint density at radius 2 is 2.12 bits per heavy atom. The maximum absolute atomic E-state index is 12.4. The van der Waals surface area contributed by atoms with Crippen LogP contribution in [0.25, 0.3) is 10.6 Å². The summed E-state index contributed by atoms with van der Waals surface area (Å²) in [5.41, 5.74) is 2.33. The molecule has 2 heterocycles. The van der Waals surface area contributed by atoms with Gasteiger partial charge in [0.2, 0.25) is 0 Å². The molecule has 1 amide bonds. The SMILES string of the molecule is CCCOc1ccc(CNC(=O)c2cn[nH]c2-c2cccs2)cc1. The van der Waals surface area contributed by atoms with Crippen LogP contribution in [0.5, 0.6) is 5.75 Å². The summed E-state index contributed by atoms with van der Waals surface area (Å²) in [5, 5.41) is 11.8. The zero-order valence-electron chi connectivity index (χ0n) is 13.4. The molecule has 0 spiro atoms. The van der Waals surface area contributed by atoms with Gasteiger partial charge in [-0.2, -0.15) is 5.10 Å². The Labute approximate surface area is 144 Å². The molecule has 2 N–H and O–H groups in total. The van der Waals surface area contributed by atoms with Gasteiger partial charge in [0.25, 0.3) is 5.91 Å². The molecule has 2 aromatic heterocycles. The van der Waals surface area contributed by atoms with Gasteiger partial charge >= 0.3 is 0 Å². The zero-order valence-corrected chi connectivity index (χ0v) is 14.2. The van der Waals surface area contributed by atoms with Crippen LogP contribution in [0.15, 0.2) is 48.0 Å². The van der Waals surface area contributed by atoms with Crippen LogP contribution < -0.4 is 10.1 Å². The Kier molecular flexibility index (Phi) is 5.28. The van der Waals surface area contributed by atoms with Crippen LogP contribution in [0.2, 0.25) is 0 Å². The number of benzene rings is 1. The number of hydrogen-bond donors (Lipinski definition) is 2. The fourth-order valence-corrected chi connectivity index (χ4v) is 3.00. The number of ether oxygens (including phenoxy) is 1. The van der Waals surface area contributed by atoms with Crippen molar-refractivity contribution >= 4 is 17.2 Å². The molecule has 0 bridgehead atoms. The Morgan fingerprint density at radius 1 is 1.29 bits per heavy atom. The highest BCUT2D eigenvalue weighted by molar-refractivity contribution is 7.13. The minimum absolute atomic E-state index is 0.140. The number of aromatic nitrogens is 2.